The molecule has 0 saturated heterocycles. The Balaban J connectivity index is 2.59. The lowest BCUT2D eigenvalue weighted by Crippen LogP contribution is -2.09. The maximum Gasteiger partial charge on any atom is 0.223 e. The van der Waals surface area contributed by atoms with Gasteiger partial charge in [0, 0.05) is 12.7 Å². The van der Waals surface area contributed by atoms with E-state index in [1.807, 2.05) is 6.07 Å². The molecule has 0 atom stereocenters. The van der Waals surface area contributed by atoms with Crippen molar-refractivity contribution in [3.05, 3.63) is 11.8 Å². The lowest BCUT2D eigenvalue weighted by molar-refractivity contribution is 0.311. The van der Waals surface area contributed by atoms with E-state index in [0.29, 0.717) is 29.0 Å². The Kier molecular flexibility index (Phi) is 2.57. The first-order chi connectivity index (χ1) is 7.76. The van der Waals surface area contributed by atoms with Gasteiger partial charge in [0.25, 0.3) is 0 Å². The van der Waals surface area contributed by atoms with E-state index in [2.05, 4.69) is 20.3 Å². The van der Waals surface area contributed by atoms with Crippen molar-refractivity contribution < 1.29 is 5.11 Å². The number of hydrogen-bond acceptors (Lipinski definition) is 6. The number of fused-ring (bicyclic) bond motifs is 1. The molecule has 0 saturated carbocycles. The summed E-state index contributed by atoms with van der Waals surface area (Å²) in [5.41, 5.74) is 6.46. The molecule has 7 nitrogen and oxygen atoms in total. The third-order valence-electron chi connectivity index (χ3n) is 2.07. The zero-order valence-electron chi connectivity index (χ0n) is 8.36. The van der Waals surface area contributed by atoms with Gasteiger partial charge in [-0.15, -0.1) is 0 Å². The molecule has 0 radical (unpaired) electrons. The van der Waals surface area contributed by atoms with Crippen LogP contribution in [0.25, 0.3) is 11.0 Å². The Hall–Kier alpha value is -2.33. The number of rotatable bonds is 3. The Morgan fingerprint density at radius 3 is 3.06 bits per heavy atom. The molecular weight excluding hydrogens is 208 g/mol. The first-order valence-corrected chi connectivity index (χ1v) is 4.65. The molecule has 2 aromatic rings. The number of aliphatic hydroxyl groups excluding tert-OH is 1. The number of nitrogens with zero attached hydrogens (tertiary/aromatic N) is 3. The second-order valence-electron chi connectivity index (χ2n) is 3.12. The molecule has 0 aliphatic heterocycles. The van der Waals surface area contributed by atoms with Gasteiger partial charge in [-0.3, -0.25) is 0 Å². The first kappa shape index (κ1) is 10.2. The maximum absolute atomic E-state index is 8.91. The van der Waals surface area contributed by atoms with Crippen molar-refractivity contribution in [3.63, 3.8) is 0 Å². The molecular formula is C9H10N6O. The highest BCUT2D eigenvalue weighted by atomic mass is 16.3. The van der Waals surface area contributed by atoms with E-state index >= 15 is 0 Å². The average molecular weight is 218 g/mol. The van der Waals surface area contributed by atoms with Gasteiger partial charge in [0.05, 0.1) is 17.6 Å². The van der Waals surface area contributed by atoms with E-state index in [1.165, 1.54) is 0 Å². The summed E-state index contributed by atoms with van der Waals surface area (Å²) in [6.07, 6.45) is 1.54. The van der Waals surface area contributed by atoms with Crippen LogP contribution < -0.4 is 11.1 Å². The van der Waals surface area contributed by atoms with Gasteiger partial charge in [-0.05, 0) is 0 Å². The van der Waals surface area contributed by atoms with Gasteiger partial charge in [-0.1, -0.05) is 0 Å². The van der Waals surface area contributed by atoms with Crippen LogP contribution in [-0.2, 0) is 0 Å². The molecule has 0 bridgehead atoms. The molecule has 0 spiro atoms. The lowest BCUT2D eigenvalue weighted by atomic mass is 10.2. The number of nitrogen functional groups attached to an aromatic ring is 1. The van der Waals surface area contributed by atoms with Crippen LogP contribution in [0.5, 0.6) is 0 Å². The van der Waals surface area contributed by atoms with Crippen LogP contribution in [0.3, 0.4) is 0 Å². The highest BCUT2D eigenvalue weighted by Gasteiger charge is 2.11. The number of aromatic amines is 1. The summed E-state index contributed by atoms with van der Waals surface area (Å²) in [4.78, 5) is 10.8. The average Bonchev–Trinajstić information content (AvgIpc) is 2.68. The van der Waals surface area contributed by atoms with Crippen molar-refractivity contribution in [2.75, 3.05) is 24.2 Å². The van der Waals surface area contributed by atoms with Crippen molar-refractivity contribution >= 4 is 22.8 Å². The summed E-state index contributed by atoms with van der Waals surface area (Å²) in [6, 6.07) is 2.03. The zero-order valence-corrected chi connectivity index (χ0v) is 8.36. The monoisotopic (exact) mass is 218 g/mol. The third-order valence-corrected chi connectivity index (χ3v) is 2.07. The summed E-state index contributed by atoms with van der Waals surface area (Å²) in [7, 11) is 0. The van der Waals surface area contributed by atoms with E-state index in [-0.39, 0.29) is 12.6 Å². The van der Waals surface area contributed by atoms with Crippen LogP contribution in [0.2, 0.25) is 0 Å². The number of H-pyrrole nitrogens is 1. The minimum absolute atomic E-state index is 0.0300. The number of anilines is 2. The van der Waals surface area contributed by atoms with Crippen LogP contribution >= 0.6 is 0 Å². The fourth-order valence-corrected chi connectivity index (χ4v) is 1.44. The summed E-state index contributed by atoms with van der Waals surface area (Å²) in [5.74, 6) is 0.564. The minimum Gasteiger partial charge on any atom is -0.395 e. The molecule has 0 aliphatic rings. The van der Waals surface area contributed by atoms with E-state index in [9.17, 15) is 0 Å². The largest absolute Gasteiger partial charge is 0.395 e. The van der Waals surface area contributed by atoms with Gasteiger partial charge < -0.3 is 21.1 Å². The molecule has 0 unspecified atom stereocenters. The fourth-order valence-electron chi connectivity index (χ4n) is 1.44. The van der Waals surface area contributed by atoms with Crippen LogP contribution in [0, 0.1) is 11.3 Å². The SMILES string of the molecule is N#Cc1c[nH]c2nc(N)nc(NCCO)c12. The Morgan fingerprint density at radius 2 is 2.38 bits per heavy atom. The Morgan fingerprint density at radius 1 is 1.56 bits per heavy atom. The summed E-state index contributed by atoms with van der Waals surface area (Å²) in [5, 5.41) is 21.1. The van der Waals surface area contributed by atoms with Crippen molar-refractivity contribution in [1.82, 2.24) is 15.0 Å². The normalized spacial score (nSPS) is 10.2. The van der Waals surface area contributed by atoms with Gasteiger partial charge in [0.1, 0.15) is 17.5 Å². The van der Waals surface area contributed by atoms with Crippen LogP contribution in [0.15, 0.2) is 6.20 Å². The molecule has 0 aromatic carbocycles. The van der Waals surface area contributed by atoms with E-state index < -0.39 is 0 Å². The zero-order chi connectivity index (χ0) is 11.5. The van der Waals surface area contributed by atoms with E-state index in [4.69, 9.17) is 16.1 Å². The standard InChI is InChI=1S/C9H10N6O/c10-3-5-4-13-8-6(5)7(12-1-2-16)14-9(11)15-8/h4,16H,1-2H2,(H4,11,12,13,14,15). The first-order valence-electron chi connectivity index (χ1n) is 4.65. The van der Waals surface area contributed by atoms with Crippen molar-refractivity contribution in [2.45, 2.75) is 0 Å². The summed E-state index contributed by atoms with van der Waals surface area (Å²) < 4.78 is 0. The second-order valence-corrected chi connectivity index (χ2v) is 3.12. The molecule has 7 heteroatoms. The van der Waals surface area contributed by atoms with Crippen LogP contribution in [0.1, 0.15) is 5.56 Å². The van der Waals surface area contributed by atoms with Gasteiger partial charge in [-0.2, -0.15) is 15.2 Å². The molecule has 2 heterocycles. The van der Waals surface area contributed by atoms with Gasteiger partial charge in [0.15, 0.2) is 0 Å². The van der Waals surface area contributed by atoms with E-state index in [1.54, 1.807) is 6.20 Å². The number of nitrogens with one attached hydrogen (secondary N) is 2. The molecule has 0 fully saturated rings. The number of nitrogens with two attached hydrogens (primary N) is 1. The van der Waals surface area contributed by atoms with Crippen molar-refractivity contribution in [2.24, 2.45) is 0 Å². The molecule has 0 aliphatic carbocycles. The predicted molar refractivity (Wildman–Crippen MR) is 58.6 cm³/mol. The van der Waals surface area contributed by atoms with Crippen LogP contribution in [0.4, 0.5) is 11.8 Å². The molecule has 0 amide bonds. The molecule has 82 valence electrons. The number of aliphatic hydroxyl groups is 1. The highest BCUT2D eigenvalue weighted by Crippen LogP contribution is 2.23. The smallest absolute Gasteiger partial charge is 0.223 e. The van der Waals surface area contributed by atoms with Crippen LogP contribution in [-0.4, -0.2) is 33.2 Å². The number of aromatic nitrogens is 3. The topological polar surface area (TPSA) is 124 Å². The molecule has 2 rings (SSSR count). The number of nitriles is 1. The van der Waals surface area contributed by atoms with Gasteiger partial charge in [-0.25, -0.2) is 0 Å². The van der Waals surface area contributed by atoms with E-state index in [0.717, 1.165) is 0 Å². The Labute approximate surface area is 90.9 Å². The maximum atomic E-state index is 8.91. The van der Waals surface area contributed by atoms with Gasteiger partial charge in [0.2, 0.25) is 5.95 Å². The minimum atomic E-state index is -0.0300. The lowest BCUT2D eigenvalue weighted by Gasteiger charge is -2.05. The number of hydrogen-bond donors (Lipinski definition) is 4. The Bertz CT molecular complexity index is 555. The molecule has 16 heavy (non-hydrogen) atoms. The third kappa shape index (κ3) is 1.62. The summed E-state index contributed by atoms with van der Waals surface area (Å²) in [6.45, 7) is 0.305. The highest BCUT2D eigenvalue weighted by molar-refractivity contribution is 5.93. The molecule has 2 aromatic heterocycles. The van der Waals surface area contributed by atoms with Crippen molar-refractivity contribution in [3.8, 4) is 6.07 Å². The summed E-state index contributed by atoms with van der Waals surface area (Å²) >= 11 is 0. The second kappa shape index (κ2) is 4.04. The van der Waals surface area contributed by atoms with Gasteiger partial charge >= 0.3 is 0 Å². The van der Waals surface area contributed by atoms with Crippen molar-refractivity contribution in [1.29, 1.82) is 5.26 Å². The fraction of sp³-hybridized carbons (Fsp3) is 0.222. The predicted octanol–water partition coefficient (Wildman–Crippen LogP) is -0.184. The molecule has 5 N–H and O–H groups in total. The quantitative estimate of drug-likeness (QED) is 0.566.